The van der Waals surface area contributed by atoms with E-state index in [1.165, 1.54) is 0 Å². The number of rotatable bonds is 3. The zero-order valence-corrected chi connectivity index (χ0v) is 14.0. The Kier molecular flexibility index (Phi) is 9.42. The molecule has 2 rings (SSSR count). The van der Waals surface area contributed by atoms with Crippen molar-refractivity contribution in [2.24, 2.45) is 0 Å². The van der Waals surface area contributed by atoms with Crippen LogP contribution in [0.3, 0.4) is 0 Å². The second kappa shape index (κ2) is 9.28. The second-order valence-electron chi connectivity index (χ2n) is 4.35. The van der Waals surface area contributed by atoms with Crippen LogP contribution in [-0.4, -0.2) is 31.1 Å². The van der Waals surface area contributed by atoms with Crippen molar-refractivity contribution in [3.63, 3.8) is 0 Å². The van der Waals surface area contributed by atoms with E-state index in [-0.39, 0.29) is 24.8 Å². The topological polar surface area (TPSA) is 15.3 Å². The van der Waals surface area contributed by atoms with Crippen molar-refractivity contribution in [2.75, 3.05) is 26.2 Å². The van der Waals surface area contributed by atoms with Gasteiger partial charge in [0.2, 0.25) is 0 Å². The molecule has 1 N–H and O–H groups in total. The number of nitrogens with zero attached hydrogens (tertiary/aromatic N) is 1. The van der Waals surface area contributed by atoms with E-state index in [1.54, 1.807) is 0 Å². The lowest BCUT2D eigenvalue weighted by atomic mass is 10.0. The van der Waals surface area contributed by atoms with Gasteiger partial charge in [-0.2, -0.15) is 0 Å². The molecule has 1 saturated heterocycles. The first-order valence-electron chi connectivity index (χ1n) is 6.12. The van der Waals surface area contributed by atoms with Gasteiger partial charge in [-0.1, -0.05) is 42.3 Å². The summed E-state index contributed by atoms with van der Waals surface area (Å²) < 4.78 is 0. The molecule has 1 aliphatic rings. The molecule has 0 radical (unpaired) electrons. The maximum absolute atomic E-state index is 6.31. The predicted octanol–water partition coefficient (Wildman–Crippen LogP) is 4.19. The summed E-state index contributed by atoms with van der Waals surface area (Å²) in [6.45, 7) is 6.44. The fourth-order valence-electron chi connectivity index (χ4n) is 2.45. The van der Waals surface area contributed by atoms with Gasteiger partial charge in [-0.05, 0) is 18.1 Å². The van der Waals surface area contributed by atoms with E-state index in [4.69, 9.17) is 23.2 Å². The Hall–Kier alpha value is 0.300. The minimum atomic E-state index is 0. The van der Waals surface area contributed by atoms with E-state index in [2.05, 4.69) is 23.2 Å². The molecule has 1 aliphatic heterocycles. The Labute approximate surface area is 137 Å². The van der Waals surface area contributed by atoms with Gasteiger partial charge in [-0.3, -0.25) is 4.90 Å². The summed E-state index contributed by atoms with van der Waals surface area (Å²) in [6, 6.07) is 6.29. The van der Waals surface area contributed by atoms with Crippen LogP contribution in [0.5, 0.6) is 0 Å². The number of piperazine rings is 1. The molecule has 0 aliphatic carbocycles. The molecule has 1 atom stereocenters. The van der Waals surface area contributed by atoms with Crippen LogP contribution in [0.25, 0.3) is 0 Å². The van der Waals surface area contributed by atoms with Gasteiger partial charge in [0, 0.05) is 32.2 Å². The third kappa shape index (κ3) is 4.66. The third-order valence-electron chi connectivity index (χ3n) is 3.32. The molecular formula is C13H20Cl4N2. The summed E-state index contributed by atoms with van der Waals surface area (Å²) in [6.07, 6.45) is 1.06. The molecule has 110 valence electrons. The van der Waals surface area contributed by atoms with Crippen LogP contribution in [-0.2, 0) is 0 Å². The van der Waals surface area contributed by atoms with Gasteiger partial charge >= 0.3 is 0 Å². The number of hydrogen-bond donors (Lipinski definition) is 1. The van der Waals surface area contributed by atoms with E-state index in [9.17, 15) is 0 Å². The van der Waals surface area contributed by atoms with Gasteiger partial charge < -0.3 is 5.32 Å². The van der Waals surface area contributed by atoms with Gasteiger partial charge in [-0.25, -0.2) is 0 Å². The fourth-order valence-corrected chi connectivity index (χ4v) is 2.88. The maximum Gasteiger partial charge on any atom is 0.0640 e. The largest absolute Gasteiger partial charge is 0.314 e. The van der Waals surface area contributed by atoms with Crippen molar-refractivity contribution >= 4 is 48.0 Å². The SMILES string of the molecule is CC[C@H](c1cccc(Cl)c1Cl)N1CCNCC1.Cl.Cl. The molecule has 2 nitrogen and oxygen atoms in total. The van der Waals surface area contributed by atoms with Crippen molar-refractivity contribution in [3.8, 4) is 0 Å². The van der Waals surface area contributed by atoms with E-state index < -0.39 is 0 Å². The lowest BCUT2D eigenvalue weighted by molar-refractivity contribution is 0.169. The summed E-state index contributed by atoms with van der Waals surface area (Å²) in [7, 11) is 0. The third-order valence-corrected chi connectivity index (χ3v) is 4.15. The van der Waals surface area contributed by atoms with Crippen LogP contribution in [0, 0.1) is 0 Å². The minimum Gasteiger partial charge on any atom is -0.314 e. The maximum atomic E-state index is 6.31. The Morgan fingerprint density at radius 1 is 1.21 bits per heavy atom. The quantitative estimate of drug-likeness (QED) is 0.883. The van der Waals surface area contributed by atoms with Crippen molar-refractivity contribution < 1.29 is 0 Å². The van der Waals surface area contributed by atoms with E-state index in [0.29, 0.717) is 16.1 Å². The lowest BCUT2D eigenvalue weighted by Gasteiger charge is -2.35. The Morgan fingerprint density at radius 3 is 2.42 bits per heavy atom. The van der Waals surface area contributed by atoms with E-state index >= 15 is 0 Å². The predicted molar refractivity (Wildman–Crippen MR) is 88.4 cm³/mol. The molecule has 1 aromatic carbocycles. The van der Waals surface area contributed by atoms with E-state index in [0.717, 1.165) is 38.2 Å². The van der Waals surface area contributed by atoms with Crippen molar-refractivity contribution in [2.45, 2.75) is 19.4 Å². The van der Waals surface area contributed by atoms with Crippen LogP contribution in [0.4, 0.5) is 0 Å². The summed E-state index contributed by atoms with van der Waals surface area (Å²) in [5, 5.41) is 4.73. The molecule has 1 aromatic rings. The summed E-state index contributed by atoms with van der Waals surface area (Å²) in [5.74, 6) is 0. The summed E-state index contributed by atoms with van der Waals surface area (Å²) >= 11 is 12.4. The molecule has 1 heterocycles. The first-order chi connectivity index (χ1) is 8.24. The van der Waals surface area contributed by atoms with Gasteiger partial charge in [0.1, 0.15) is 0 Å². The van der Waals surface area contributed by atoms with Gasteiger partial charge in [0.25, 0.3) is 0 Å². The highest BCUT2D eigenvalue weighted by molar-refractivity contribution is 6.42. The Bertz CT molecular complexity index is 381. The molecule has 0 unspecified atom stereocenters. The summed E-state index contributed by atoms with van der Waals surface area (Å²) in [5.41, 5.74) is 1.16. The molecule has 0 bridgehead atoms. The second-order valence-corrected chi connectivity index (χ2v) is 5.14. The Balaban J connectivity index is 0.00000162. The van der Waals surface area contributed by atoms with Crippen LogP contribution >= 0.6 is 48.0 Å². The van der Waals surface area contributed by atoms with Crippen molar-refractivity contribution in [3.05, 3.63) is 33.8 Å². The first-order valence-corrected chi connectivity index (χ1v) is 6.88. The summed E-state index contributed by atoms with van der Waals surface area (Å²) in [4.78, 5) is 2.48. The molecule has 0 saturated carbocycles. The van der Waals surface area contributed by atoms with Crippen LogP contribution in [0.1, 0.15) is 24.9 Å². The van der Waals surface area contributed by atoms with E-state index in [1.807, 2.05) is 12.1 Å². The molecule has 19 heavy (non-hydrogen) atoms. The monoisotopic (exact) mass is 344 g/mol. The molecule has 6 heteroatoms. The molecule has 0 aromatic heterocycles. The molecule has 1 fully saturated rings. The van der Waals surface area contributed by atoms with Crippen LogP contribution in [0.15, 0.2) is 18.2 Å². The fraction of sp³-hybridized carbons (Fsp3) is 0.538. The number of benzene rings is 1. The van der Waals surface area contributed by atoms with Crippen LogP contribution in [0.2, 0.25) is 10.0 Å². The highest BCUT2D eigenvalue weighted by Crippen LogP contribution is 2.34. The van der Waals surface area contributed by atoms with Gasteiger partial charge in [0.05, 0.1) is 10.0 Å². The average molecular weight is 346 g/mol. The average Bonchev–Trinajstić information content (AvgIpc) is 2.37. The van der Waals surface area contributed by atoms with Gasteiger partial charge in [0.15, 0.2) is 0 Å². The minimum absolute atomic E-state index is 0. The molecule has 0 amide bonds. The van der Waals surface area contributed by atoms with Crippen molar-refractivity contribution in [1.82, 2.24) is 10.2 Å². The normalized spacial score (nSPS) is 17.2. The number of nitrogens with one attached hydrogen (secondary N) is 1. The highest BCUT2D eigenvalue weighted by atomic mass is 35.5. The molecule has 0 spiro atoms. The smallest absolute Gasteiger partial charge is 0.0640 e. The Morgan fingerprint density at radius 2 is 1.84 bits per heavy atom. The number of hydrogen-bond acceptors (Lipinski definition) is 2. The lowest BCUT2D eigenvalue weighted by Crippen LogP contribution is -2.45. The van der Waals surface area contributed by atoms with Crippen LogP contribution < -0.4 is 5.32 Å². The van der Waals surface area contributed by atoms with Gasteiger partial charge in [-0.15, -0.1) is 24.8 Å². The zero-order valence-electron chi connectivity index (χ0n) is 10.9. The standard InChI is InChI=1S/C13H18Cl2N2.2ClH/c1-2-12(17-8-6-16-7-9-17)10-4-3-5-11(14)13(10)15;;/h3-5,12,16H,2,6-9H2,1H3;2*1H/t12-;;/m1../s1. The highest BCUT2D eigenvalue weighted by Gasteiger charge is 2.22. The number of halogens is 4. The first kappa shape index (κ1) is 19.3. The zero-order chi connectivity index (χ0) is 12.3. The van der Waals surface area contributed by atoms with Crippen molar-refractivity contribution in [1.29, 1.82) is 0 Å². The molecular weight excluding hydrogens is 326 g/mol.